The molecule has 9 aromatic rings. The maximum absolute atomic E-state index is 10.2. The van der Waals surface area contributed by atoms with Gasteiger partial charge in [-0.15, -0.1) is 0 Å². The molecule has 2 heterocycles. The highest BCUT2D eigenvalue weighted by molar-refractivity contribution is 6.11. The Morgan fingerprint density at radius 2 is 1.08 bits per heavy atom. The van der Waals surface area contributed by atoms with E-state index in [-0.39, 0.29) is 0 Å². The van der Waals surface area contributed by atoms with E-state index >= 15 is 0 Å². The molecule has 2 aromatic heterocycles. The number of rotatable bonds is 4. The lowest BCUT2D eigenvalue weighted by atomic mass is 9.93. The summed E-state index contributed by atoms with van der Waals surface area (Å²) in [5.74, 6) is 0. The van der Waals surface area contributed by atoms with Gasteiger partial charge in [0.25, 0.3) is 0 Å². The number of nitriles is 2. The van der Waals surface area contributed by atoms with Gasteiger partial charge < -0.3 is 9.13 Å². The van der Waals surface area contributed by atoms with Gasteiger partial charge in [0.05, 0.1) is 57.6 Å². The molecular formula is C45H25N5. The molecule has 0 atom stereocenters. The number of aromatic nitrogens is 2. The summed E-state index contributed by atoms with van der Waals surface area (Å²) in [5, 5.41) is 24.3. The van der Waals surface area contributed by atoms with E-state index in [1.807, 2.05) is 60.7 Å². The second kappa shape index (κ2) is 11.4. The SMILES string of the molecule is [C-]#[N+]c1cccc(-c2ccc(C#N)c(-c3ccc(-n4c5ccccc5c5ccccc54)cc3)c2)c1-n1c2ccccc2c2cc(C#N)ccc21. The Bertz CT molecular complexity index is 2900. The first-order chi connectivity index (χ1) is 24.7. The van der Waals surface area contributed by atoms with Gasteiger partial charge in [-0.05, 0) is 77.4 Å². The molecule has 0 spiro atoms. The lowest BCUT2D eigenvalue weighted by Gasteiger charge is -2.17. The molecule has 0 saturated carbocycles. The van der Waals surface area contributed by atoms with Crippen LogP contribution in [-0.4, -0.2) is 9.13 Å². The van der Waals surface area contributed by atoms with Crippen LogP contribution < -0.4 is 0 Å². The first-order valence-electron chi connectivity index (χ1n) is 16.3. The molecule has 0 fully saturated rings. The van der Waals surface area contributed by atoms with Crippen molar-refractivity contribution in [3.05, 3.63) is 174 Å². The van der Waals surface area contributed by atoms with Crippen LogP contribution in [0.25, 0.3) is 82.1 Å². The van der Waals surface area contributed by atoms with Gasteiger partial charge in [-0.25, -0.2) is 4.85 Å². The third-order valence-electron chi connectivity index (χ3n) is 9.63. The van der Waals surface area contributed by atoms with Crippen molar-refractivity contribution >= 4 is 49.3 Å². The smallest absolute Gasteiger partial charge is 0.211 e. The molecule has 0 bridgehead atoms. The van der Waals surface area contributed by atoms with Crippen LogP contribution in [0, 0.1) is 29.2 Å². The van der Waals surface area contributed by atoms with Crippen molar-refractivity contribution in [2.24, 2.45) is 0 Å². The second-order valence-corrected chi connectivity index (χ2v) is 12.3. The molecule has 230 valence electrons. The zero-order valence-corrected chi connectivity index (χ0v) is 26.7. The van der Waals surface area contributed by atoms with Crippen LogP contribution in [0.1, 0.15) is 11.1 Å². The summed E-state index contributed by atoms with van der Waals surface area (Å²) in [4.78, 5) is 3.97. The van der Waals surface area contributed by atoms with Gasteiger partial charge >= 0.3 is 0 Å². The fourth-order valence-electron chi connectivity index (χ4n) is 7.41. The van der Waals surface area contributed by atoms with Crippen molar-refractivity contribution in [3.63, 3.8) is 0 Å². The summed E-state index contributed by atoms with van der Waals surface area (Å²) in [6, 6.07) is 55.4. The number of hydrogen-bond donors (Lipinski definition) is 0. The van der Waals surface area contributed by atoms with Crippen molar-refractivity contribution in [3.8, 4) is 45.8 Å². The standard InChI is InChI=1S/C45H25N5/c1-48-40-13-8-12-34(45(40)50-43-16-7-4-11-37(43)39-25-29(27-46)17-24-44(39)50)31-18-19-32(28-47)38(26-31)30-20-22-33(23-21-30)49-41-14-5-2-9-35(41)36-10-3-6-15-42(36)49/h2-26H. The molecule has 0 aliphatic carbocycles. The Hall–Kier alpha value is -7.39. The van der Waals surface area contributed by atoms with E-state index in [9.17, 15) is 10.5 Å². The van der Waals surface area contributed by atoms with Crippen molar-refractivity contribution < 1.29 is 0 Å². The van der Waals surface area contributed by atoms with E-state index in [2.05, 4.69) is 117 Å². The quantitative estimate of drug-likeness (QED) is 0.181. The van der Waals surface area contributed by atoms with Crippen LogP contribution in [0.4, 0.5) is 5.69 Å². The Morgan fingerprint density at radius 3 is 1.72 bits per heavy atom. The molecule has 0 saturated heterocycles. The van der Waals surface area contributed by atoms with Gasteiger partial charge in [0, 0.05) is 32.8 Å². The fraction of sp³-hybridized carbons (Fsp3) is 0. The number of nitrogens with zero attached hydrogens (tertiary/aromatic N) is 5. The average Bonchev–Trinajstić information content (AvgIpc) is 3.70. The zero-order valence-electron chi connectivity index (χ0n) is 26.7. The lowest BCUT2D eigenvalue weighted by Crippen LogP contribution is -1.98. The maximum Gasteiger partial charge on any atom is 0.211 e. The van der Waals surface area contributed by atoms with Crippen molar-refractivity contribution in [2.45, 2.75) is 0 Å². The van der Waals surface area contributed by atoms with E-state index in [0.29, 0.717) is 16.8 Å². The normalized spacial score (nSPS) is 11.1. The first-order valence-corrected chi connectivity index (χ1v) is 16.3. The molecule has 7 aromatic carbocycles. The van der Waals surface area contributed by atoms with Crippen molar-refractivity contribution in [1.82, 2.24) is 9.13 Å². The van der Waals surface area contributed by atoms with Crippen LogP contribution in [-0.2, 0) is 0 Å². The minimum absolute atomic E-state index is 0.510. The molecule has 5 heteroatoms. The highest BCUT2D eigenvalue weighted by Crippen LogP contribution is 2.42. The molecule has 0 radical (unpaired) electrons. The third kappa shape index (κ3) is 4.31. The second-order valence-electron chi connectivity index (χ2n) is 12.3. The molecule has 0 aliphatic rings. The Morgan fingerprint density at radius 1 is 0.480 bits per heavy atom. The number of para-hydroxylation sites is 4. The van der Waals surface area contributed by atoms with E-state index in [4.69, 9.17) is 6.57 Å². The average molecular weight is 636 g/mol. The minimum atomic E-state index is 0.510. The summed E-state index contributed by atoms with van der Waals surface area (Å²) in [7, 11) is 0. The van der Waals surface area contributed by atoms with Gasteiger partial charge in [0.1, 0.15) is 0 Å². The van der Waals surface area contributed by atoms with Crippen molar-refractivity contribution in [2.75, 3.05) is 0 Å². The number of hydrogen-bond acceptors (Lipinski definition) is 2. The van der Waals surface area contributed by atoms with E-state index in [0.717, 1.165) is 66.5 Å². The lowest BCUT2D eigenvalue weighted by molar-refractivity contribution is 1.18. The number of benzene rings is 7. The van der Waals surface area contributed by atoms with Crippen LogP contribution >= 0.6 is 0 Å². The molecule has 5 nitrogen and oxygen atoms in total. The summed E-state index contributed by atoms with van der Waals surface area (Å²) < 4.78 is 4.41. The maximum atomic E-state index is 10.2. The van der Waals surface area contributed by atoms with E-state index < -0.39 is 0 Å². The molecule has 9 rings (SSSR count). The Labute approximate surface area is 288 Å². The summed E-state index contributed by atoms with van der Waals surface area (Å²) in [6.45, 7) is 8.17. The molecular weight excluding hydrogens is 611 g/mol. The summed E-state index contributed by atoms with van der Waals surface area (Å²) >= 11 is 0. The summed E-state index contributed by atoms with van der Waals surface area (Å²) in [6.07, 6.45) is 0. The Kier molecular flexibility index (Phi) is 6.56. The first kappa shape index (κ1) is 28.8. The van der Waals surface area contributed by atoms with Gasteiger partial charge in [0.15, 0.2) is 0 Å². The predicted octanol–water partition coefficient (Wildman–Crippen LogP) is 11.5. The van der Waals surface area contributed by atoms with Gasteiger partial charge in [-0.1, -0.05) is 91.0 Å². The van der Waals surface area contributed by atoms with Gasteiger partial charge in [-0.3, -0.25) is 0 Å². The van der Waals surface area contributed by atoms with Gasteiger partial charge in [0.2, 0.25) is 5.69 Å². The highest BCUT2D eigenvalue weighted by Gasteiger charge is 2.20. The van der Waals surface area contributed by atoms with Crippen LogP contribution in [0.15, 0.2) is 152 Å². The third-order valence-corrected chi connectivity index (χ3v) is 9.63. The predicted molar refractivity (Wildman–Crippen MR) is 202 cm³/mol. The number of fused-ring (bicyclic) bond motifs is 6. The molecule has 0 N–H and O–H groups in total. The topological polar surface area (TPSA) is 61.8 Å². The fourth-order valence-corrected chi connectivity index (χ4v) is 7.41. The molecule has 0 amide bonds. The van der Waals surface area contributed by atoms with E-state index in [1.165, 1.54) is 10.8 Å². The molecule has 50 heavy (non-hydrogen) atoms. The Balaban J connectivity index is 1.22. The van der Waals surface area contributed by atoms with E-state index in [1.54, 1.807) is 0 Å². The van der Waals surface area contributed by atoms with Crippen LogP contribution in [0.3, 0.4) is 0 Å². The van der Waals surface area contributed by atoms with Crippen LogP contribution in [0.5, 0.6) is 0 Å². The largest absolute Gasteiger partial charge is 0.318 e. The van der Waals surface area contributed by atoms with Gasteiger partial charge in [-0.2, -0.15) is 10.5 Å². The van der Waals surface area contributed by atoms with Crippen molar-refractivity contribution in [1.29, 1.82) is 10.5 Å². The summed E-state index contributed by atoms with van der Waals surface area (Å²) in [5.41, 5.74) is 11.1. The monoisotopic (exact) mass is 635 g/mol. The molecule has 0 aliphatic heterocycles. The highest BCUT2D eigenvalue weighted by atomic mass is 15.0. The zero-order chi connectivity index (χ0) is 33.8. The molecule has 0 unspecified atom stereocenters. The minimum Gasteiger partial charge on any atom is -0.318 e. The van der Waals surface area contributed by atoms with Crippen LogP contribution in [0.2, 0.25) is 0 Å².